The van der Waals surface area contributed by atoms with E-state index in [1.54, 1.807) is 0 Å². The van der Waals surface area contributed by atoms with Gasteiger partial charge in [0.15, 0.2) is 0 Å². The van der Waals surface area contributed by atoms with Gasteiger partial charge in [-0.15, -0.1) is 0 Å². The molecule has 118 valence electrons. The van der Waals surface area contributed by atoms with E-state index in [-0.39, 0.29) is 5.54 Å². The Morgan fingerprint density at radius 2 is 1.86 bits per heavy atom. The number of nitrogens with one attached hydrogen (secondary N) is 1. The highest BCUT2D eigenvalue weighted by atomic mass is 15.2. The average molecular weight is 288 g/mol. The first-order valence-corrected chi connectivity index (χ1v) is 8.77. The average Bonchev–Trinajstić information content (AvgIpc) is 2.71. The van der Waals surface area contributed by atoms with Crippen molar-refractivity contribution in [1.82, 2.24) is 10.2 Å². The van der Waals surface area contributed by atoms with Crippen molar-refractivity contribution in [2.75, 3.05) is 26.2 Å². The smallest absolute Gasteiger partial charge is 0.0534 e. The minimum atomic E-state index is 0.0984. The molecular weight excluding hydrogens is 256 g/mol. The maximum atomic E-state index is 3.77. The van der Waals surface area contributed by atoms with Gasteiger partial charge in [0.25, 0.3) is 0 Å². The number of nitrogens with zero attached hydrogens (tertiary/aromatic N) is 1. The summed E-state index contributed by atoms with van der Waals surface area (Å²) in [5, 5.41) is 3.77. The fourth-order valence-corrected chi connectivity index (χ4v) is 3.38. The highest BCUT2D eigenvalue weighted by Gasteiger charge is 2.30. The van der Waals surface area contributed by atoms with Crippen molar-refractivity contribution in [3.05, 3.63) is 35.9 Å². The third-order valence-corrected chi connectivity index (χ3v) is 4.69. The van der Waals surface area contributed by atoms with E-state index in [1.165, 1.54) is 57.2 Å². The van der Waals surface area contributed by atoms with Crippen molar-refractivity contribution in [1.29, 1.82) is 0 Å². The van der Waals surface area contributed by atoms with Gasteiger partial charge in [-0.2, -0.15) is 0 Å². The number of hydrogen-bond donors (Lipinski definition) is 1. The SMILES string of the molecule is CCCCCCCN1CCCNC(C)(c2ccccc2)C1. The molecule has 0 radical (unpaired) electrons. The lowest BCUT2D eigenvalue weighted by molar-refractivity contribution is 0.216. The monoisotopic (exact) mass is 288 g/mol. The highest BCUT2D eigenvalue weighted by molar-refractivity contribution is 5.24. The fourth-order valence-electron chi connectivity index (χ4n) is 3.38. The van der Waals surface area contributed by atoms with Crippen LogP contribution in [0.3, 0.4) is 0 Å². The van der Waals surface area contributed by atoms with E-state index in [1.807, 2.05) is 0 Å². The summed E-state index contributed by atoms with van der Waals surface area (Å²) in [5.41, 5.74) is 1.52. The quantitative estimate of drug-likeness (QED) is 0.758. The molecule has 1 aromatic carbocycles. The standard InChI is InChI=1S/C19H32N2/c1-3-4-5-6-10-15-21-16-11-14-20-19(2,17-21)18-12-8-7-9-13-18/h7-9,12-13,20H,3-6,10-11,14-17H2,1-2H3. The molecule has 2 nitrogen and oxygen atoms in total. The van der Waals surface area contributed by atoms with E-state index >= 15 is 0 Å². The minimum Gasteiger partial charge on any atom is -0.307 e. The third-order valence-electron chi connectivity index (χ3n) is 4.69. The highest BCUT2D eigenvalue weighted by Crippen LogP contribution is 2.24. The number of benzene rings is 1. The summed E-state index contributed by atoms with van der Waals surface area (Å²) in [6.07, 6.45) is 8.13. The van der Waals surface area contributed by atoms with Gasteiger partial charge in [0, 0.05) is 6.54 Å². The molecule has 0 spiro atoms. The van der Waals surface area contributed by atoms with Crippen LogP contribution in [0.1, 0.15) is 57.9 Å². The number of hydrogen-bond acceptors (Lipinski definition) is 2. The largest absolute Gasteiger partial charge is 0.307 e. The summed E-state index contributed by atoms with van der Waals surface area (Å²) in [6, 6.07) is 10.9. The first-order valence-electron chi connectivity index (χ1n) is 8.77. The van der Waals surface area contributed by atoms with E-state index in [0.29, 0.717) is 0 Å². The Morgan fingerprint density at radius 3 is 2.62 bits per heavy atom. The van der Waals surface area contributed by atoms with E-state index < -0.39 is 0 Å². The van der Waals surface area contributed by atoms with E-state index in [9.17, 15) is 0 Å². The van der Waals surface area contributed by atoms with Crippen LogP contribution in [0.25, 0.3) is 0 Å². The molecule has 1 unspecified atom stereocenters. The van der Waals surface area contributed by atoms with Gasteiger partial charge in [-0.05, 0) is 45.0 Å². The van der Waals surface area contributed by atoms with Gasteiger partial charge >= 0.3 is 0 Å². The van der Waals surface area contributed by atoms with E-state index in [2.05, 4.69) is 54.4 Å². The number of rotatable bonds is 7. The molecule has 1 atom stereocenters. The predicted molar refractivity (Wildman–Crippen MR) is 91.6 cm³/mol. The Morgan fingerprint density at radius 1 is 1.10 bits per heavy atom. The maximum Gasteiger partial charge on any atom is 0.0534 e. The van der Waals surface area contributed by atoms with Crippen LogP contribution in [-0.4, -0.2) is 31.1 Å². The van der Waals surface area contributed by atoms with Crippen LogP contribution in [0.5, 0.6) is 0 Å². The van der Waals surface area contributed by atoms with Gasteiger partial charge < -0.3 is 10.2 Å². The Kier molecular flexibility index (Phi) is 6.72. The van der Waals surface area contributed by atoms with Crippen molar-refractivity contribution in [3.63, 3.8) is 0 Å². The van der Waals surface area contributed by atoms with Crippen LogP contribution in [-0.2, 0) is 5.54 Å². The molecule has 0 saturated carbocycles. The molecule has 0 aromatic heterocycles. The molecule has 0 aliphatic carbocycles. The van der Waals surface area contributed by atoms with Crippen LogP contribution in [0.2, 0.25) is 0 Å². The van der Waals surface area contributed by atoms with Gasteiger partial charge in [0.1, 0.15) is 0 Å². The summed E-state index contributed by atoms with van der Waals surface area (Å²) < 4.78 is 0. The summed E-state index contributed by atoms with van der Waals surface area (Å²) in [6.45, 7) is 9.39. The number of unbranched alkanes of at least 4 members (excludes halogenated alkanes) is 4. The summed E-state index contributed by atoms with van der Waals surface area (Å²) in [5.74, 6) is 0. The van der Waals surface area contributed by atoms with Gasteiger partial charge in [0.05, 0.1) is 5.54 Å². The Bertz CT molecular complexity index is 390. The van der Waals surface area contributed by atoms with Crippen LogP contribution < -0.4 is 5.32 Å². The van der Waals surface area contributed by atoms with Crippen LogP contribution >= 0.6 is 0 Å². The van der Waals surface area contributed by atoms with Crippen LogP contribution in [0.15, 0.2) is 30.3 Å². The fraction of sp³-hybridized carbons (Fsp3) is 0.684. The van der Waals surface area contributed by atoms with Gasteiger partial charge in [-0.3, -0.25) is 0 Å². The summed E-state index contributed by atoms with van der Waals surface area (Å²) in [7, 11) is 0. The van der Waals surface area contributed by atoms with E-state index in [0.717, 1.165) is 13.1 Å². The molecule has 1 saturated heterocycles. The second kappa shape index (κ2) is 8.55. The van der Waals surface area contributed by atoms with Crippen LogP contribution in [0, 0.1) is 0 Å². The molecule has 1 N–H and O–H groups in total. The minimum absolute atomic E-state index is 0.0984. The molecule has 1 aromatic rings. The maximum absolute atomic E-state index is 3.77. The van der Waals surface area contributed by atoms with Gasteiger partial charge in [-0.25, -0.2) is 0 Å². The molecular formula is C19H32N2. The zero-order chi connectivity index (χ0) is 15.0. The molecule has 1 aliphatic heterocycles. The van der Waals surface area contributed by atoms with Crippen LogP contribution in [0.4, 0.5) is 0 Å². The van der Waals surface area contributed by atoms with Gasteiger partial charge in [0.2, 0.25) is 0 Å². The Hall–Kier alpha value is -0.860. The Balaban J connectivity index is 1.89. The lowest BCUT2D eigenvalue weighted by Crippen LogP contribution is -2.46. The molecule has 2 rings (SSSR count). The first kappa shape index (κ1) is 16.5. The lowest BCUT2D eigenvalue weighted by atomic mass is 9.91. The van der Waals surface area contributed by atoms with Crippen molar-refractivity contribution in [3.8, 4) is 0 Å². The normalized spacial score (nSPS) is 23.9. The van der Waals surface area contributed by atoms with Crippen molar-refractivity contribution >= 4 is 0 Å². The molecule has 1 fully saturated rings. The summed E-state index contributed by atoms with van der Waals surface area (Å²) in [4.78, 5) is 2.67. The Labute approximate surface area is 130 Å². The van der Waals surface area contributed by atoms with Gasteiger partial charge in [-0.1, -0.05) is 62.9 Å². The molecule has 0 bridgehead atoms. The molecule has 1 aliphatic rings. The van der Waals surface area contributed by atoms with Crippen molar-refractivity contribution in [2.24, 2.45) is 0 Å². The van der Waals surface area contributed by atoms with Crippen molar-refractivity contribution < 1.29 is 0 Å². The molecule has 2 heteroatoms. The molecule has 21 heavy (non-hydrogen) atoms. The van der Waals surface area contributed by atoms with E-state index in [4.69, 9.17) is 0 Å². The second-order valence-corrected chi connectivity index (χ2v) is 6.67. The zero-order valence-electron chi connectivity index (χ0n) is 13.9. The van der Waals surface area contributed by atoms with Crippen molar-refractivity contribution in [2.45, 2.75) is 57.9 Å². The lowest BCUT2D eigenvalue weighted by Gasteiger charge is -2.34. The molecule has 1 heterocycles. The first-order chi connectivity index (χ1) is 10.2. The second-order valence-electron chi connectivity index (χ2n) is 6.67. The summed E-state index contributed by atoms with van der Waals surface area (Å²) >= 11 is 0. The topological polar surface area (TPSA) is 15.3 Å². The predicted octanol–water partition coefficient (Wildman–Crippen LogP) is 4.17. The molecule has 0 amide bonds. The zero-order valence-corrected chi connectivity index (χ0v) is 13.9. The third kappa shape index (κ3) is 5.12.